The summed E-state index contributed by atoms with van der Waals surface area (Å²) in [6, 6.07) is -0.369. The molecule has 0 radical (unpaired) electrons. The molecule has 15 heavy (non-hydrogen) atoms. The molecule has 0 saturated heterocycles. The number of hydrogen-bond acceptors (Lipinski definition) is 3. The maximum Gasteiger partial charge on any atom is 0.236 e. The highest BCUT2D eigenvalue weighted by molar-refractivity contribution is 5.79. The van der Waals surface area contributed by atoms with E-state index in [0.717, 1.165) is 13.0 Å². The third-order valence-electron chi connectivity index (χ3n) is 2.45. The number of carbonyl (C=O) groups excluding carboxylic acids is 1. The summed E-state index contributed by atoms with van der Waals surface area (Å²) in [5.41, 5.74) is 5.26. The Labute approximate surface area is 92.6 Å². The van der Waals surface area contributed by atoms with Gasteiger partial charge in [0.05, 0.1) is 12.7 Å². The molecule has 2 unspecified atom stereocenters. The second-order valence-electron chi connectivity index (χ2n) is 4.19. The number of nitrogens with two attached hydrogens (primary N) is 1. The van der Waals surface area contributed by atoms with Gasteiger partial charge >= 0.3 is 0 Å². The van der Waals surface area contributed by atoms with E-state index in [9.17, 15) is 4.79 Å². The van der Waals surface area contributed by atoms with Crippen molar-refractivity contribution in [3.63, 3.8) is 0 Å². The molecule has 90 valence electrons. The van der Waals surface area contributed by atoms with Crippen LogP contribution in [-0.2, 0) is 9.53 Å². The van der Waals surface area contributed by atoms with Gasteiger partial charge in [-0.3, -0.25) is 4.79 Å². The first-order valence-corrected chi connectivity index (χ1v) is 5.63. The number of nitrogens with one attached hydrogen (secondary N) is 1. The van der Waals surface area contributed by atoms with Gasteiger partial charge in [0.25, 0.3) is 0 Å². The zero-order valence-corrected chi connectivity index (χ0v) is 10.2. The lowest BCUT2D eigenvalue weighted by Crippen LogP contribution is -2.45. The fourth-order valence-corrected chi connectivity index (χ4v) is 1.00. The third-order valence-corrected chi connectivity index (χ3v) is 2.45. The minimum absolute atomic E-state index is 0.148. The molecule has 1 amide bonds. The second-order valence-corrected chi connectivity index (χ2v) is 4.19. The molecule has 0 saturated carbocycles. The highest BCUT2D eigenvalue weighted by Gasteiger charge is 2.16. The summed E-state index contributed by atoms with van der Waals surface area (Å²) in [6.07, 6.45) is 1.12. The van der Waals surface area contributed by atoms with E-state index in [4.69, 9.17) is 10.5 Å². The molecule has 0 fully saturated rings. The fraction of sp³-hybridized carbons (Fsp3) is 0.909. The van der Waals surface area contributed by atoms with Gasteiger partial charge < -0.3 is 15.8 Å². The van der Waals surface area contributed by atoms with Crippen LogP contribution >= 0.6 is 0 Å². The topological polar surface area (TPSA) is 64.3 Å². The summed E-state index contributed by atoms with van der Waals surface area (Å²) < 4.78 is 5.56. The fourth-order valence-electron chi connectivity index (χ4n) is 1.00. The number of hydrogen-bond donors (Lipinski definition) is 2. The third kappa shape index (κ3) is 6.47. The van der Waals surface area contributed by atoms with Crippen molar-refractivity contribution in [2.24, 2.45) is 11.7 Å². The van der Waals surface area contributed by atoms with Gasteiger partial charge in [-0.25, -0.2) is 0 Å². The van der Waals surface area contributed by atoms with E-state index >= 15 is 0 Å². The molecular weight excluding hydrogens is 192 g/mol. The van der Waals surface area contributed by atoms with Crippen molar-refractivity contribution in [3.8, 4) is 0 Å². The van der Waals surface area contributed by atoms with Gasteiger partial charge in [0.1, 0.15) is 6.04 Å². The molecular formula is C11H24N2O2. The summed E-state index contributed by atoms with van der Waals surface area (Å²) in [5.74, 6) is 0.101. The largest absolute Gasteiger partial charge is 0.376 e. The van der Waals surface area contributed by atoms with Crippen LogP contribution in [0.1, 0.15) is 34.1 Å². The quantitative estimate of drug-likeness (QED) is 0.633. The van der Waals surface area contributed by atoms with Gasteiger partial charge in [-0.15, -0.1) is 0 Å². The van der Waals surface area contributed by atoms with Gasteiger partial charge in [0.2, 0.25) is 5.91 Å². The van der Waals surface area contributed by atoms with Crippen LogP contribution in [0.5, 0.6) is 0 Å². The molecule has 0 aliphatic carbocycles. The van der Waals surface area contributed by atoms with E-state index in [1.54, 1.807) is 0 Å². The van der Waals surface area contributed by atoms with E-state index in [2.05, 4.69) is 19.2 Å². The Kier molecular flexibility index (Phi) is 7.34. The summed E-state index contributed by atoms with van der Waals surface area (Å²) >= 11 is 0. The maximum absolute atomic E-state index is 11.1. The van der Waals surface area contributed by atoms with Gasteiger partial charge in [-0.1, -0.05) is 20.8 Å². The molecule has 2 atom stereocenters. The standard InChI is InChI=1S/C11H24N2O2/c1-5-6-13-10(11(12)14)7-15-9(4)8(2)3/h8-10,13H,5-7H2,1-4H3,(H2,12,14). The van der Waals surface area contributed by atoms with Crippen LogP contribution in [0.15, 0.2) is 0 Å². The first kappa shape index (κ1) is 14.4. The molecule has 4 nitrogen and oxygen atoms in total. The Morgan fingerprint density at radius 1 is 1.40 bits per heavy atom. The van der Waals surface area contributed by atoms with Crippen LogP contribution in [0, 0.1) is 5.92 Å². The van der Waals surface area contributed by atoms with E-state index in [0.29, 0.717) is 12.5 Å². The predicted molar refractivity (Wildman–Crippen MR) is 61.5 cm³/mol. The molecule has 0 bridgehead atoms. The van der Waals surface area contributed by atoms with Crippen molar-refractivity contribution in [1.29, 1.82) is 0 Å². The second kappa shape index (κ2) is 7.65. The summed E-state index contributed by atoms with van der Waals surface area (Å²) in [5, 5.41) is 3.06. The number of primary amides is 1. The Morgan fingerprint density at radius 3 is 2.40 bits per heavy atom. The minimum atomic E-state index is -0.369. The molecule has 0 aliphatic heterocycles. The monoisotopic (exact) mass is 216 g/mol. The van der Waals surface area contributed by atoms with Crippen molar-refractivity contribution >= 4 is 5.91 Å². The number of ether oxygens (including phenoxy) is 1. The molecule has 0 spiro atoms. The summed E-state index contributed by atoms with van der Waals surface area (Å²) in [4.78, 5) is 11.1. The predicted octanol–water partition coefficient (Wildman–Crippen LogP) is 0.901. The molecule has 0 aliphatic rings. The van der Waals surface area contributed by atoms with Crippen molar-refractivity contribution < 1.29 is 9.53 Å². The number of amides is 1. The molecule has 0 aromatic carbocycles. The lowest BCUT2D eigenvalue weighted by molar-refractivity contribution is -0.122. The van der Waals surface area contributed by atoms with Crippen LogP contribution in [-0.4, -0.2) is 31.2 Å². The van der Waals surface area contributed by atoms with Gasteiger partial charge in [-0.05, 0) is 25.8 Å². The molecule has 0 rings (SSSR count). The smallest absolute Gasteiger partial charge is 0.236 e. The molecule has 0 heterocycles. The van der Waals surface area contributed by atoms with Crippen molar-refractivity contribution in [1.82, 2.24) is 5.32 Å². The van der Waals surface area contributed by atoms with E-state index in [-0.39, 0.29) is 18.1 Å². The maximum atomic E-state index is 11.1. The van der Waals surface area contributed by atoms with E-state index < -0.39 is 0 Å². The Balaban J connectivity index is 3.90. The zero-order chi connectivity index (χ0) is 11.8. The highest BCUT2D eigenvalue weighted by atomic mass is 16.5. The molecule has 3 N–H and O–H groups in total. The highest BCUT2D eigenvalue weighted by Crippen LogP contribution is 2.05. The van der Waals surface area contributed by atoms with Gasteiger partial charge in [-0.2, -0.15) is 0 Å². The average molecular weight is 216 g/mol. The van der Waals surface area contributed by atoms with Crippen LogP contribution < -0.4 is 11.1 Å². The van der Waals surface area contributed by atoms with E-state index in [1.807, 2.05) is 13.8 Å². The van der Waals surface area contributed by atoms with Gasteiger partial charge in [0, 0.05) is 0 Å². The van der Waals surface area contributed by atoms with Crippen molar-refractivity contribution in [2.45, 2.75) is 46.3 Å². The number of carbonyl (C=O) groups is 1. The Hall–Kier alpha value is -0.610. The number of rotatable bonds is 8. The van der Waals surface area contributed by atoms with E-state index in [1.165, 1.54) is 0 Å². The summed E-state index contributed by atoms with van der Waals surface area (Å²) in [7, 11) is 0. The molecule has 0 aromatic heterocycles. The SMILES string of the molecule is CCCNC(COC(C)C(C)C)C(N)=O. The van der Waals surface area contributed by atoms with Crippen LogP contribution in [0.2, 0.25) is 0 Å². The van der Waals surface area contributed by atoms with Crippen molar-refractivity contribution in [3.05, 3.63) is 0 Å². The molecule has 0 aromatic rings. The summed E-state index contributed by atoms with van der Waals surface area (Å²) in [6.45, 7) is 9.36. The lowest BCUT2D eigenvalue weighted by Gasteiger charge is -2.21. The van der Waals surface area contributed by atoms with Gasteiger partial charge in [0.15, 0.2) is 0 Å². The lowest BCUT2D eigenvalue weighted by atomic mass is 10.1. The normalized spacial score (nSPS) is 15.3. The van der Waals surface area contributed by atoms with Crippen LogP contribution in [0.4, 0.5) is 0 Å². The zero-order valence-electron chi connectivity index (χ0n) is 10.2. The Morgan fingerprint density at radius 2 is 2.00 bits per heavy atom. The Bertz CT molecular complexity index is 183. The average Bonchev–Trinajstić information content (AvgIpc) is 2.16. The first-order chi connectivity index (χ1) is 6.99. The molecule has 4 heteroatoms. The van der Waals surface area contributed by atoms with Crippen molar-refractivity contribution in [2.75, 3.05) is 13.2 Å². The first-order valence-electron chi connectivity index (χ1n) is 5.63. The van der Waals surface area contributed by atoms with Crippen LogP contribution in [0.25, 0.3) is 0 Å². The van der Waals surface area contributed by atoms with Crippen LogP contribution in [0.3, 0.4) is 0 Å². The minimum Gasteiger partial charge on any atom is -0.376 e.